The minimum atomic E-state index is 0.570. The summed E-state index contributed by atoms with van der Waals surface area (Å²) in [5.41, 5.74) is 3.03. The number of aryl methyl sites for hydroxylation is 1. The van der Waals surface area contributed by atoms with E-state index in [-0.39, 0.29) is 0 Å². The van der Waals surface area contributed by atoms with Crippen LogP contribution in [-0.2, 0) is 0 Å². The van der Waals surface area contributed by atoms with Crippen LogP contribution in [0.4, 0.5) is 10.8 Å². The molecule has 0 amide bonds. The SMILES string of the molecule is COc1cc(Nc2nc3ccc(C)cc3s2)cc(OC)c1OC. The Bertz CT molecular complexity index is 820. The third-order valence-electron chi connectivity index (χ3n) is 3.46. The summed E-state index contributed by atoms with van der Waals surface area (Å²) in [6.07, 6.45) is 0. The van der Waals surface area contributed by atoms with Crippen LogP contribution in [0.25, 0.3) is 10.2 Å². The van der Waals surface area contributed by atoms with Crippen LogP contribution in [0.15, 0.2) is 30.3 Å². The van der Waals surface area contributed by atoms with Gasteiger partial charge in [0.05, 0.1) is 31.5 Å². The van der Waals surface area contributed by atoms with E-state index in [0.717, 1.165) is 21.0 Å². The van der Waals surface area contributed by atoms with Gasteiger partial charge in [0.15, 0.2) is 16.6 Å². The minimum absolute atomic E-state index is 0.570. The smallest absolute Gasteiger partial charge is 0.203 e. The first-order chi connectivity index (χ1) is 11.1. The van der Waals surface area contributed by atoms with Crippen molar-refractivity contribution in [3.63, 3.8) is 0 Å². The maximum absolute atomic E-state index is 5.37. The quantitative estimate of drug-likeness (QED) is 0.752. The Labute approximate surface area is 138 Å². The van der Waals surface area contributed by atoms with Crippen molar-refractivity contribution in [2.75, 3.05) is 26.6 Å². The van der Waals surface area contributed by atoms with Gasteiger partial charge in [-0.15, -0.1) is 0 Å². The Morgan fingerprint density at radius 1 is 0.957 bits per heavy atom. The lowest BCUT2D eigenvalue weighted by atomic mass is 10.2. The number of hydrogen-bond donors (Lipinski definition) is 1. The summed E-state index contributed by atoms with van der Waals surface area (Å²) in [4.78, 5) is 4.60. The van der Waals surface area contributed by atoms with Gasteiger partial charge in [-0.25, -0.2) is 4.98 Å². The van der Waals surface area contributed by atoms with Crippen LogP contribution >= 0.6 is 11.3 Å². The molecule has 0 aliphatic carbocycles. The van der Waals surface area contributed by atoms with E-state index in [1.165, 1.54) is 5.56 Å². The van der Waals surface area contributed by atoms with Gasteiger partial charge in [0.25, 0.3) is 0 Å². The van der Waals surface area contributed by atoms with Gasteiger partial charge in [0.1, 0.15) is 0 Å². The Morgan fingerprint density at radius 3 is 2.26 bits per heavy atom. The zero-order chi connectivity index (χ0) is 16.4. The minimum Gasteiger partial charge on any atom is -0.493 e. The molecule has 0 aliphatic heterocycles. The maximum atomic E-state index is 5.37. The first-order valence-corrected chi connectivity index (χ1v) is 7.90. The molecule has 0 radical (unpaired) electrons. The molecule has 6 heteroatoms. The lowest BCUT2D eigenvalue weighted by molar-refractivity contribution is 0.324. The lowest BCUT2D eigenvalue weighted by Crippen LogP contribution is -1.97. The van der Waals surface area contributed by atoms with Crippen molar-refractivity contribution < 1.29 is 14.2 Å². The number of benzene rings is 2. The van der Waals surface area contributed by atoms with Crippen LogP contribution in [0.1, 0.15) is 5.56 Å². The number of rotatable bonds is 5. The molecule has 120 valence electrons. The summed E-state index contributed by atoms with van der Waals surface area (Å²) in [5, 5.41) is 4.12. The highest BCUT2D eigenvalue weighted by atomic mass is 32.1. The zero-order valence-electron chi connectivity index (χ0n) is 13.5. The lowest BCUT2D eigenvalue weighted by Gasteiger charge is -2.14. The second kappa shape index (κ2) is 6.34. The van der Waals surface area contributed by atoms with E-state index in [0.29, 0.717) is 17.2 Å². The van der Waals surface area contributed by atoms with Crippen molar-refractivity contribution in [1.82, 2.24) is 4.98 Å². The van der Waals surface area contributed by atoms with E-state index in [1.54, 1.807) is 32.7 Å². The number of anilines is 2. The van der Waals surface area contributed by atoms with E-state index in [1.807, 2.05) is 18.2 Å². The predicted molar refractivity (Wildman–Crippen MR) is 93.7 cm³/mol. The van der Waals surface area contributed by atoms with E-state index >= 15 is 0 Å². The molecule has 3 aromatic rings. The van der Waals surface area contributed by atoms with Crippen molar-refractivity contribution >= 4 is 32.4 Å². The van der Waals surface area contributed by atoms with Gasteiger partial charge in [-0.1, -0.05) is 17.4 Å². The number of nitrogens with one attached hydrogen (secondary N) is 1. The molecule has 0 aliphatic rings. The molecule has 0 saturated heterocycles. The number of ether oxygens (including phenoxy) is 3. The van der Waals surface area contributed by atoms with Crippen LogP contribution in [0, 0.1) is 6.92 Å². The van der Waals surface area contributed by atoms with E-state index in [9.17, 15) is 0 Å². The van der Waals surface area contributed by atoms with Gasteiger partial charge >= 0.3 is 0 Å². The first-order valence-electron chi connectivity index (χ1n) is 7.09. The van der Waals surface area contributed by atoms with Crippen molar-refractivity contribution in [2.45, 2.75) is 6.92 Å². The molecule has 2 aromatic carbocycles. The number of nitrogens with zero attached hydrogens (tertiary/aromatic N) is 1. The van der Waals surface area contributed by atoms with Crippen molar-refractivity contribution in [1.29, 1.82) is 0 Å². The van der Waals surface area contributed by atoms with Crippen LogP contribution in [-0.4, -0.2) is 26.3 Å². The molecule has 1 N–H and O–H groups in total. The molecule has 23 heavy (non-hydrogen) atoms. The van der Waals surface area contributed by atoms with Gasteiger partial charge in [-0.05, 0) is 24.6 Å². The number of hydrogen-bond acceptors (Lipinski definition) is 6. The van der Waals surface area contributed by atoms with Gasteiger partial charge in [-0.3, -0.25) is 0 Å². The Morgan fingerprint density at radius 2 is 1.65 bits per heavy atom. The molecule has 0 bridgehead atoms. The van der Waals surface area contributed by atoms with Crippen molar-refractivity contribution in [2.24, 2.45) is 0 Å². The molecular weight excluding hydrogens is 312 g/mol. The number of thiazole rings is 1. The fraction of sp³-hybridized carbons (Fsp3) is 0.235. The van der Waals surface area contributed by atoms with Gasteiger partial charge in [0.2, 0.25) is 5.75 Å². The van der Waals surface area contributed by atoms with E-state index < -0.39 is 0 Å². The topological polar surface area (TPSA) is 52.6 Å². The van der Waals surface area contributed by atoms with Crippen LogP contribution in [0.3, 0.4) is 0 Å². The molecule has 3 rings (SSSR count). The molecule has 1 heterocycles. The molecule has 0 unspecified atom stereocenters. The molecule has 5 nitrogen and oxygen atoms in total. The summed E-state index contributed by atoms with van der Waals surface area (Å²) < 4.78 is 17.2. The van der Waals surface area contributed by atoms with E-state index in [4.69, 9.17) is 14.2 Å². The average molecular weight is 330 g/mol. The normalized spacial score (nSPS) is 10.6. The summed E-state index contributed by atoms with van der Waals surface area (Å²) in [7, 11) is 4.78. The molecule has 0 fully saturated rings. The maximum Gasteiger partial charge on any atom is 0.203 e. The molecular formula is C17H18N2O3S. The van der Waals surface area contributed by atoms with Gasteiger partial charge in [-0.2, -0.15) is 0 Å². The Kier molecular flexibility index (Phi) is 4.25. The summed E-state index contributed by atoms with van der Waals surface area (Å²) in [5.74, 6) is 1.78. The van der Waals surface area contributed by atoms with Crippen LogP contribution < -0.4 is 19.5 Å². The van der Waals surface area contributed by atoms with Crippen LogP contribution in [0.2, 0.25) is 0 Å². The number of methoxy groups -OCH3 is 3. The van der Waals surface area contributed by atoms with E-state index in [2.05, 4.69) is 29.4 Å². The highest BCUT2D eigenvalue weighted by Crippen LogP contribution is 2.41. The van der Waals surface area contributed by atoms with Crippen molar-refractivity contribution in [3.05, 3.63) is 35.9 Å². The molecule has 0 saturated carbocycles. The Hall–Kier alpha value is -2.47. The highest BCUT2D eigenvalue weighted by Gasteiger charge is 2.14. The second-order valence-corrected chi connectivity index (χ2v) is 6.06. The third kappa shape index (κ3) is 3.03. The largest absolute Gasteiger partial charge is 0.493 e. The fourth-order valence-corrected chi connectivity index (χ4v) is 3.35. The third-order valence-corrected chi connectivity index (χ3v) is 4.39. The molecule has 0 atom stereocenters. The monoisotopic (exact) mass is 330 g/mol. The second-order valence-electron chi connectivity index (χ2n) is 5.03. The highest BCUT2D eigenvalue weighted by molar-refractivity contribution is 7.22. The first kappa shape index (κ1) is 15.4. The van der Waals surface area contributed by atoms with Gasteiger partial charge in [0, 0.05) is 17.8 Å². The van der Waals surface area contributed by atoms with Gasteiger partial charge < -0.3 is 19.5 Å². The molecule has 1 aromatic heterocycles. The average Bonchev–Trinajstić information content (AvgIpc) is 2.94. The van der Waals surface area contributed by atoms with Crippen LogP contribution in [0.5, 0.6) is 17.2 Å². The zero-order valence-corrected chi connectivity index (χ0v) is 14.3. The fourth-order valence-electron chi connectivity index (χ4n) is 2.36. The van der Waals surface area contributed by atoms with Crippen molar-refractivity contribution in [3.8, 4) is 17.2 Å². The number of fused-ring (bicyclic) bond motifs is 1. The standard InChI is InChI=1S/C17H18N2O3S/c1-10-5-6-12-15(7-10)23-17(19-12)18-11-8-13(20-2)16(22-4)14(9-11)21-3/h5-9H,1-4H3,(H,18,19). The predicted octanol–water partition coefficient (Wildman–Crippen LogP) is 4.37. The Balaban J connectivity index is 1.97. The number of aromatic nitrogens is 1. The summed E-state index contributed by atoms with van der Waals surface area (Å²) >= 11 is 1.61. The molecule has 0 spiro atoms. The summed E-state index contributed by atoms with van der Waals surface area (Å²) in [6.45, 7) is 2.07. The summed E-state index contributed by atoms with van der Waals surface area (Å²) in [6, 6.07) is 9.94.